The second-order valence-electron chi connectivity index (χ2n) is 4.93. The number of amides is 3. The van der Waals surface area contributed by atoms with E-state index < -0.39 is 18.0 Å². The van der Waals surface area contributed by atoms with Crippen molar-refractivity contribution in [3.05, 3.63) is 0 Å². The first-order valence-electron chi connectivity index (χ1n) is 7.06. The number of carboxylic acids is 1. The molecule has 1 rings (SSSR count). The van der Waals surface area contributed by atoms with Crippen molar-refractivity contribution in [1.82, 2.24) is 15.1 Å². The monoisotopic (exact) mass is 317 g/mol. The van der Waals surface area contributed by atoms with Gasteiger partial charge < -0.3 is 15.3 Å². The fourth-order valence-corrected chi connectivity index (χ4v) is 3.72. The summed E-state index contributed by atoms with van der Waals surface area (Å²) in [7, 11) is 1.52. The molecule has 0 aliphatic carbocycles. The van der Waals surface area contributed by atoms with E-state index in [2.05, 4.69) is 5.32 Å². The Labute approximate surface area is 129 Å². The lowest BCUT2D eigenvalue weighted by Crippen LogP contribution is -2.52. The van der Waals surface area contributed by atoms with Crippen LogP contribution in [0.5, 0.6) is 0 Å². The third-order valence-corrected chi connectivity index (χ3v) is 4.57. The van der Waals surface area contributed by atoms with E-state index in [9.17, 15) is 19.5 Å². The van der Waals surface area contributed by atoms with Crippen molar-refractivity contribution >= 4 is 29.7 Å². The van der Waals surface area contributed by atoms with Gasteiger partial charge in [-0.1, -0.05) is 13.3 Å². The van der Waals surface area contributed by atoms with Crippen LogP contribution in [0.2, 0.25) is 0 Å². The molecule has 120 valence electrons. The minimum atomic E-state index is -0.999. The molecule has 8 heteroatoms. The SMILES string of the molecule is CCCC1SCC(C(=O)O)N1C(=O)N(C)CC(=O)NCC. The third-order valence-electron chi connectivity index (χ3n) is 3.22. The van der Waals surface area contributed by atoms with Gasteiger partial charge in [-0.05, 0) is 13.3 Å². The predicted octanol–water partition coefficient (Wildman–Crippen LogP) is 0.803. The van der Waals surface area contributed by atoms with E-state index in [1.165, 1.54) is 28.6 Å². The largest absolute Gasteiger partial charge is 0.480 e. The number of carbonyl (C=O) groups is 3. The fourth-order valence-electron chi connectivity index (χ4n) is 2.21. The first-order valence-corrected chi connectivity index (χ1v) is 8.11. The van der Waals surface area contributed by atoms with E-state index in [0.717, 1.165) is 12.8 Å². The topological polar surface area (TPSA) is 90.0 Å². The Balaban J connectivity index is 2.78. The normalized spacial score (nSPS) is 21.2. The average molecular weight is 317 g/mol. The Morgan fingerprint density at radius 2 is 2.05 bits per heavy atom. The Morgan fingerprint density at radius 3 is 2.57 bits per heavy atom. The van der Waals surface area contributed by atoms with Gasteiger partial charge in [0.15, 0.2) is 0 Å². The quantitative estimate of drug-likeness (QED) is 0.756. The summed E-state index contributed by atoms with van der Waals surface area (Å²) in [4.78, 5) is 38.0. The number of carboxylic acid groups (broad SMARTS) is 1. The van der Waals surface area contributed by atoms with Gasteiger partial charge in [-0.25, -0.2) is 9.59 Å². The summed E-state index contributed by atoms with van der Waals surface area (Å²) < 4.78 is 0. The summed E-state index contributed by atoms with van der Waals surface area (Å²) in [5, 5.41) is 11.7. The maximum Gasteiger partial charge on any atom is 0.327 e. The zero-order valence-electron chi connectivity index (χ0n) is 12.7. The highest BCUT2D eigenvalue weighted by molar-refractivity contribution is 8.00. The van der Waals surface area contributed by atoms with Crippen molar-refractivity contribution in [2.24, 2.45) is 0 Å². The smallest absolute Gasteiger partial charge is 0.327 e. The van der Waals surface area contributed by atoms with Gasteiger partial charge in [0.2, 0.25) is 5.91 Å². The van der Waals surface area contributed by atoms with Gasteiger partial charge in [0.05, 0.1) is 5.37 Å². The molecule has 0 spiro atoms. The van der Waals surface area contributed by atoms with Crippen LogP contribution in [0.4, 0.5) is 4.79 Å². The number of rotatable bonds is 6. The number of nitrogens with one attached hydrogen (secondary N) is 1. The third kappa shape index (κ3) is 4.52. The van der Waals surface area contributed by atoms with E-state index in [1.54, 1.807) is 6.92 Å². The molecular formula is C13H23N3O4S. The van der Waals surface area contributed by atoms with Gasteiger partial charge in [-0.3, -0.25) is 9.69 Å². The van der Waals surface area contributed by atoms with E-state index in [-0.39, 0.29) is 17.8 Å². The van der Waals surface area contributed by atoms with E-state index >= 15 is 0 Å². The highest BCUT2D eigenvalue weighted by Crippen LogP contribution is 2.33. The molecule has 1 aliphatic heterocycles. The molecule has 0 bridgehead atoms. The molecule has 0 aromatic heterocycles. The second-order valence-corrected chi connectivity index (χ2v) is 6.14. The summed E-state index contributed by atoms with van der Waals surface area (Å²) in [6.45, 7) is 4.22. The second kappa shape index (κ2) is 8.11. The lowest BCUT2D eigenvalue weighted by Gasteiger charge is -2.31. The van der Waals surface area contributed by atoms with Gasteiger partial charge in [-0.15, -0.1) is 11.8 Å². The predicted molar refractivity (Wildman–Crippen MR) is 81.1 cm³/mol. The number of aliphatic carboxylic acids is 1. The van der Waals surface area contributed by atoms with Crippen molar-refractivity contribution in [3.63, 3.8) is 0 Å². The van der Waals surface area contributed by atoms with Crippen molar-refractivity contribution in [3.8, 4) is 0 Å². The van der Waals surface area contributed by atoms with Crippen molar-refractivity contribution < 1.29 is 19.5 Å². The van der Waals surface area contributed by atoms with Crippen LogP contribution in [0, 0.1) is 0 Å². The lowest BCUT2D eigenvalue weighted by molar-refractivity contribution is -0.141. The first-order chi connectivity index (χ1) is 9.92. The molecule has 1 saturated heterocycles. The first kappa shape index (κ1) is 17.6. The fraction of sp³-hybridized carbons (Fsp3) is 0.769. The minimum absolute atomic E-state index is 0.0704. The standard InChI is InChI=1S/C13H23N3O4S/c1-4-6-11-16(9(8-21-11)12(18)19)13(20)15(3)7-10(17)14-5-2/h9,11H,4-8H2,1-3H3,(H,14,17)(H,18,19). The summed E-state index contributed by atoms with van der Waals surface area (Å²) in [6, 6.07) is -1.23. The van der Waals surface area contributed by atoms with Gasteiger partial charge in [-0.2, -0.15) is 0 Å². The van der Waals surface area contributed by atoms with Crippen molar-refractivity contribution in [1.29, 1.82) is 0 Å². The van der Waals surface area contributed by atoms with Crippen LogP contribution < -0.4 is 5.32 Å². The van der Waals surface area contributed by atoms with Crippen LogP contribution in [-0.2, 0) is 9.59 Å². The van der Waals surface area contributed by atoms with Crippen LogP contribution in [0.1, 0.15) is 26.7 Å². The van der Waals surface area contributed by atoms with Crippen LogP contribution >= 0.6 is 11.8 Å². The molecule has 1 aliphatic rings. The highest BCUT2D eigenvalue weighted by Gasteiger charge is 2.42. The number of carbonyl (C=O) groups excluding carboxylic acids is 2. The number of hydrogen-bond donors (Lipinski definition) is 2. The summed E-state index contributed by atoms with van der Waals surface area (Å²) in [5.74, 6) is -0.860. The highest BCUT2D eigenvalue weighted by atomic mass is 32.2. The maximum absolute atomic E-state index is 12.5. The molecule has 2 atom stereocenters. The molecular weight excluding hydrogens is 294 g/mol. The van der Waals surface area contributed by atoms with Crippen LogP contribution in [-0.4, -0.2) is 70.1 Å². The molecule has 0 aromatic carbocycles. The molecule has 2 unspecified atom stereocenters. The van der Waals surface area contributed by atoms with Gasteiger partial charge in [0.25, 0.3) is 0 Å². The number of hydrogen-bond acceptors (Lipinski definition) is 4. The maximum atomic E-state index is 12.5. The minimum Gasteiger partial charge on any atom is -0.480 e. The summed E-state index contributed by atoms with van der Waals surface area (Å²) in [5.41, 5.74) is 0. The molecule has 3 amide bonds. The molecule has 21 heavy (non-hydrogen) atoms. The molecule has 7 nitrogen and oxygen atoms in total. The average Bonchev–Trinajstić information content (AvgIpc) is 2.82. The zero-order chi connectivity index (χ0) is 16.0. The number of likely N-dealkylation sites (N-methyl/N-ethyl adjacent to an activating group) is 2. The Bertz CT molecular complexity index is 405. The molecule has 1 fully saturated rings. The molecule has 2 N–H and O–H groups in total. The molecule has 0 saturated carbocycles. The van der Waals surface area contributed by atoms with Crippen LogP contribution in [0.3, 0.4) is 0 Å². The lowest BCUT2D eigenvalue weighted by atomic mass is 10.2. The van der Waals surface area contributed by atoms with E-state index in [1.807, 2.05) is 6.92 Å². The molecule has 0 radical (unpaired) electrons. The summed E-state index contributed by atoms with van der Waals surface area (Å²) in [6.07, 6.45) is 1.61. The van der Waals surface area contributed by atoms with Crippen molar-refractivity contribution in [2.75, 3.05) is 25.9 Å². The van der Waals surface area contributed by atoms with E-state index in [4.69, 9.17) is 0 Å². The summed E-state index contributed by atoms with van der Waals surface area (Å²) >= 11 is 1.48. The Hall–Kier alpha value is -1.44. The number of urea groups is 1. The van der Waals surface area contributed by atoms with Gasteiger partial charge in [0.1, 0.15) is 12.6 Å². The van der Waals surface area contributed by atoms with Crippen LogP contribution in [0.15, 0.2) is 0 Å². The Kier molecular flexibility index (Phi) is 6.80. The van der Waals surface area contributed by atoms with Gasteiger partial charge in [0, 0.05) is 19.3 Å². The number of nitrogens with zero attached hydrogens (tertiary/aromatic N) is 2. The van der Waals surface area contributed by atoms with Crippen molar-refractivity contribution in [2.45, 2.75) is 38.1 Å². The van der Waals surface area contributed by atoms with Gasteiger partial charge >= 0.3 is 12.0 Å². The van der Waals surface area contributed by atoms with E-state index in [0.29, 0.717) is 12.3 Å². The zero-order valence-corrected chi connectivity index (χ0v) is 13.5. The van der Waals surface area contributed by atoms with Crippen LogP contribution in [0.25, 0.3) is 0 Å². The molecule has 0 aromatic rings. The molecule has 1 heterocycles. The number of thioether (sulfide) groups is 1. The Morgan fingerprint density at radius 1 is 1.38 bits per heavy atom.